The van der Waals surface area contributed by atoms with E-state index in [1.807, 2.05) is 0 Å². The van der Waals surface area contributed by atoms with Gasteiger partial charge in [0.05, 0.1) is 6.10 Å². The van der Waals surface area contributed by atoms with Crippen LogP contribution in [0.4, 0.5) is 0 Å². The fourth-order valence-corrected chi connectivity index (χ4v) is 3.71. The van der Waals surface area contributed by atoms with Crippen LogP contribution in [-0.4, -0.2) is 25.8 Å². The molecular weight excluding hydrogens is 222 g/mol. The zero-order valence-corrected chi connectivity index (χ0v) is 12.3. The van der Waals surface area contributed by atoms with Gasteiger partial charge in [0.2, 0.25) is 0 Å². The number of likely N-dealkylation sites (N-methyl/N-ethyl adjacent to an activating group) is 1. The van der Waals surface area contributed by atoms with E-state index in [9.17, 15) is 0 Å². The minimum absolute atomic E-state index is 0.468. The van der Waals surface area contributed by atoms with E-state index in [1.165, 1.54) is 57.8 Å². The van der Waals surface area contributed by atoms with Gasteiger partial charge in [0, 0.05) is 12.6 Å². The highest BCUT2D eigenvalue weighted by molar-refractivity contribution is 4.85. The summed E-state index contributed by atoms with van der Waals surface area (Å²) in [6.45, 7) is 3.34. The number of ether oxygens (including phenoxy) is 1. The highest BCUT2D eigenvalue weighted by atomic mass is 16.5. The molecule has 0 radical (unpaired) electrons. The molecule has 106 valence electrons. The van der Waals surface area contributed by atoms with Crippen molar-refractivity contribution in [2.45, 2.75) is 76.9 Å². The second-order valence-corrected chi connectivity index (χ2v) is 6.36. The van der Waals surface area contributed by atoms with Crippen LogP contribution in [0.5, 0.6) is 0 Å². The zero-order chi connectivity index (χ0) is 12.8. The molecule has 0 bridgehead atoms. The summed E-state index contributed by atoms with van der Waals surface area (Å²) in [4.78, 5) is 0. The summed E-state index contributed by atoms with van der Waals surface area (Å²) in [6, 6.07) is 0.594. The Morgan fingerprint density at radius 1 is 1.00 bits per heavy atom. The molecule has 3 atom stereocenters. The predicted molar refractivity (Wildman–Crippen MR) is 76.8 cm³/mol. The third kappa shape index (κ3) is 3.96. The smallest absolute Gasteiger partial charge is 0.0730 e. The minimum Gasteiger partial charge on any atom is -0.376 e. The van der Waals surface area contributed by atoms with Crippen molar-refractivity contribution in [2.75, 3.05) is 13.7 Å². The Balaban J connectivity index is 1.76. The van der Waals surface area contributed by atoms with Gasteiger partial charge in [-0.1, -0.05) is 32.6 Å². The van der Waals surface area contributed by atoms with Gasteiger partial charge in [0.15, 0.2) is 0 Å². The first kappa shape index (κ1) is 14.3. The van der Waals surface area contributed by atoms with Crippen LogP contribution in [0.1, 0.15) is 64.7 Å². The Bertz CT molecular complexity index is 225. The predicted octanol–water partition coefficient (Wildman–Crippen LogP) is 3.75. The summed E-state index contributed by atoms with van der Waals surface area (Å²) in [5.74, 6) is 1.74. The summed E-state index contributed by atoms with van der Waals surface area (Å²) < 4.78 is 6.30. The molecule has 2 fully saturated rings. The van der Waals surface area contributed by atoms with Gasteiger partial charge in [-0.25, -0.2) is 0 Å². The Hall–Kier alpha value is -0.0800. The first-order chi connectivity index (χ1) is 8.83. The average molecular weight is 253 g/mol. The third-order valence-electron chi connectivity index (χ3n) is 5.12. The fourth-order valence-electron chi connectivity index (χ4n) is 3.71. The van der Waals surface area contributed by atoms with E-state index in [2.05, 4.69) is 19.3 Å². The first-order valence-corrected chi connectivity index (χ1v) is 8.12. The van der Waals surface area contributed by atoms with Crippen LogP contribution in [0.25, 0.3) is 0 Å². The van der Waals surface area contributed by atoms with E-state index in [0.29, 0.717) is 12.1 Å². The van der Waals surface area contributed by atoms with Crippen molar-refractivity contribution in [3.05, 3.63) is 0 Å². The van der Waals surface area contributed by atoms with E-state index in [0.717, 1.165) is 18.4 Å². The normalized spacial score (nSPS) is 34.7. The van der Waals surface area contributed by atoms with Crippen LogP contribution >= 0.6 is 0 Å². The first-order valence-electron chi connectivity index (χ1n) is 8.12. The molecule has 0 aromatic carbocycles. The molecule has 2 aliphatic rings. The van der Waals surface area contributed by atoms with Crippen LogP contribution in [0.15, 0.2) is 0 Å². The molecule has 0 saturated heterocycles. The molecule has 18 heavy (non-hydrogen) atoms. The van der Waals surface area contributed by atoms with Gasteiger partial charge >= 0.3 is 0 Å². The summed E-state index contributed by atoms with van der Waals surface area (Å²) >= 11 is 0. The highest BCUT2D eigenvalue weighted by Gasteiger charge is 2.30. The summed E-state index contributed by atoms with van der Waals surface area (Å²) in [6.07, 6.45) is 12.8. The van der Waals surface area contributed by atoms with Crippen molar-refractivity contribution in [3.63, 3.8) is 0 Å². The lowest BCUT2D eigenvalue weighted by molar-refractivity contribution is -0.0291. The third-order valence-corrected chi connectivity index (χ3v) is 5.12. The molecule has 3 unspecified atom stereocenters. The van der Waals surface area contributed by atoms with E-state index in [1.54, 1.807) is 0 Å². The highest BCUT2D eigenvalue weighted by Crippen LogP contribution is 2.30. The summed E-state index contributed by atoms with van der Waals surface area (Å²) in [7, 11) is 2.09. The van der Waals surface area contributed by atoms with Crippen molar-refractivity contribution < 1.29 is 4.74 Å². The molecular formula is C16H31NO. The van der Waals surface area contributed by atoms with Crippen molar-refractivity contribution in [3.8, 4) is 0 Å². The second kappa shape index (κ2) is 7.49. The van der Waals surface area contributed by atoms with E-state index in [4.69, 9.17) is 4.74 Å². The molecule has 0 amide bonds. The standard InChI is InChI=1S/C16H31NO/c1-3-13-9-10-15(17-2)16(11-13)18-12-14-7-5-4-6-8-14/h13-17H,3-12H2,1-2H3. The van der Waals surface area contributed by atoms with E-state index >= 15 is 0 Å². The number of rotatable bonds is 5. The molecule has 0 aromatic rings. The van der Waals surface area contributed by atoms with Crippen LogP contribution < -0.4 is 5.32 Å². The van der Waals surface area contributed by atoms with Gasteiger partial charge in [-0.05, 0) is 51.0 Å². The Morgan fingerprint density at radius 2 is 1.78 bits per heavy atom. The lowest BCUT2D eigenvalue weighted by atomic mass is 9.82. The van der Waals surface area contributed by atoms with Crippen molar-refractivity contribution in [1.29, 1.82) is 0 Å². The Kier molecular flexibility index (Phi) is 5.97. The lowest BCUT2D eigenvalue weighted by Crippen LogP contribution is -2.44. The van der Waals surface area contributed by atoms with Crippen molar-refractivity contribution >= 4 is 0 Å². The molecule has 1 N–H and O–H groups in total. The molecule has 2 saturated carbocycles. The maximum atomic E-state index is 6.30. The molecule has 0 heterocycles. The van der Waals surface area contributed by atoms with Gasteiger partial charge in [0.25, 0.3) is 0 Å². The maximum Gasteiger partial charge on any atom is 0.0730 e. The van der Waals surface area contributed by atoms with Gasteiger partial charge in [-0.2, -0.15) is 0 Å². The van der Waals surface area contributed by atoms with E-state index < -0.39 is 0 Å². The summed E-state index contributed by atoms with van der Waals surface area (Å²) in [5, 5.41) is 3.46. The minimum atomic E-state index is 0.468. The van der Waals surface area contributed by atoms with Crippen LogP contribution in [0, 0.1) is 11.8 Å². The second-order valence-electron chi connectivity index (χ2n) is 6.36. The van der Waals surface area contributed by atoms with Crippen LogP contribution in [-0.2, 0) is 4.74 Å². The van der Waals surface area contributed by atoms with E-state index in [-0.39, 0.29) is 0 Å². The lowest BCUT2D eigenvalue weighted by Gasteiger charge is -2.36. The van der Waals surface area contributed by atoms with Crippen LogP contribution in [0.3, 0.4) is 0 Å². The van der Waals surface area contributed by atoms with Gasteiger partial charge < -0.3 is 10.1 Å². The monoisotopic (exact) mass is 253 g/mol. The Labute approximate surface area is 113 Å². The molecule has 0 spiro atoms. The molecule has 2 heteroatoms. The largest absolute Gasteiger partial charge is 0.376 e. The Morgan fingerprint density at radius 3 is 2.44 bits per heavy atom. The topological polar surface area (TPSA) is 21.3 Å². The van der Waals surface area contributed by atoms with Gasteiger partial charge in [0.1, 0.15) is 0 Å². The molecule has 2 rings (SSSR count). The maximum absolute atomic E-state index is 6.30. The fraction of sp³-hybridized carbons (Fsp3) is 1.00. The SMILES string of the molecule is CCC1CCC(NC)C(OCC2CCCCC2)C1. The molecule has 2 aliphatic carbocycles. The number of hydrogen-bond donors (Lipinski definition) is 1. The zero-order valence-electron chi connectivity index (χ0n) is 12.3. The molecule has 2 nitrogen and oxygen atoms in total. The molecule has 0 aliphatic heterocycles. The van der Waals surface area contributed by atoms with Gasteiger partial charge in [-0.15, -0.1) is 0 Å². The number of nitrogens with one attached hydrogen (secondary N) is 1. The average Bonchev–Trinajstić information content (AvgIpc) is 2.45. The molecule has 0 aromatic heterocycles. The summed E-state index contributed by atoms with van der Waals surface area (Å²) in [5.41, 5.74) is 0. The van der Waals surface area contributed by atoms with Crippen LogP contribution in [0.2, 0.25) is 0 Å². The van der Waals surface area contributed by atoms with Crippen molar-refractivity contribution in [2.24, 2.45) is 11.8 Å². The quantitative estimate of drug-likeness (QED) is 0.805. The van der Waals surface area contributed by atoms with Crippen molar-refractivity contribution in [1.82, 2.24) is 5.32 Å². The van der Waals surface area contributed by atoms with Gasteiger partial charge in [-0.3, -0.25) is 0 Å². The number of hydrogen-bond acceptors (Lipinski definition) is 2.